The van der Waals surface area contributed by atoms with Gasteiger partial charge in [0.1, 0.15) is 11.4 Å². The van der Waals surface area contributed by atoms with Crippen LogP contribution in [0.5, 0.6) is 5.75 Å². The molecule has 6 nitrogen and oxygen atoms in total. The summed E-state index contributed by atoms with van der Waals surface area (Å²) < 4.78 is 5.36. The third-order valence-electron chi connectivity index (χ3n) is 4.38. The molecule has 1 amide bonds. The van der Waals surface area contributed by atoms with Gasteiger partial charge in [0.15, 0.2) is 0 Å². The molecule has 0 saturated carbocycles. The second-order valence-corrected chi connectivity index (χ2v) is 6.18. The number of carbonyl (C=O) groups is 2. The normalized spacial score (nSPS) is 14.6. The third kappa shape index (κ3) is 2.95. The zero-order valence-electron chi connectivity index (χ0n) is 15.4. The largest absolute Gasteiger partial charge is 0.494 e. The number of benzene rings is 1. The molecule has 0 heterocycles. The van der Waals surface area contributed by atoms with Crippen LogP contribution >= 0.6 is 0 Å². The molecule has 0 aromatic heterocycles. The summed E-state index contributed by atoms with van der Waals surface area (Å²) >= 11 is 0. The molecule has 0 saturated heterocycles. The van der Waals surface area contributed by atoms with Gasteiger partial charge in [0.05, 0.1) is 24.2 Å². The van der Waals surface area contributed by atoms with Crippen LogP contribution in [0.15, 0.2) is 29.0 Å². The van der Waals surface area contributed by atoms with Gasteiger partial charge in [-0.25, -0.2) is 0 Å². The van der Waals surface area contributed by atoms with E-state index in [0.29, 0.717) is 33.8 Å². The Kier molecular flexibility index (Phi) is 4.83. The molecule has 0 radical (unpaired) electrons. The van der Waals surface area contributed by atoms with Crippen molar-refractivity contribution in [2.24, 2.45) is 0 Å². The maximum absolute atomic E-state index is 12.6. The average Bonchev–Trinajstić information content (AvgIpc) is 2.51. The smallest absolute Gasteiger partial charge is 0.228 e. The first-order valence-corrected chi connectivity index (χ1v) is 7.88. The van der Waals surface area contributed by atoms with Gasteiger partial charge < -0.3 is 15.9 Å². The van der Waals surface area contributed by atoms with Crippen LogP contribution < -0.4 is 15.4 Å². The number of anilines is 2. The Hall–Kier alpha value is -2.89. The number of rotatable bonds is 3. The summed E-state index contributed by atoms with van der Waals surface area (Å²) in [6.07, 6.45) is 1.39. The molecule has 2 rings (SSSR count). The minimum absolute atomic E-state index is 0.195. The predicted molar refractivity (Wildman–Crippen MR) is 99.2 cm³/mol. The van der Waals surface area contributed by atoms with E-state index in [2.05, 4.69) is 0 Å². The zero-order valence-corrected chi connectivity index (χ0v) is 15.4. The maximum atomic E-state index is 12.6. The Morgan fingerprint density at radius 1 is 1.24 bits per heavy atom. The van der Waals surface area contributed by atoms with Crippen molar-refractivity contribution < 1.29 is 14.3 Å². The van der Waals surface area contributed by atoms with Crippen LogP contribution in [0.1, 0.15) is 31.9 Å². The lowest BCUT2D eigenvalue weighted by Gasteiger charge is -2.30. The van der Waals surface area contributed by atoms with E-state index in [1.165, 1.54) is 25.0 Å². The summed E-state index contributed by atoms with van der Waals surface area (Å²) in [4.78, 5) is 26.5. The molecule has 132 valence electrons. The van der Waals surface area contributed by atoms with E-state index in [9.17, 15) is 9.59 Å². The van der Waals surface area contributed by atoms with Crippen molar-refractivity contribution in [3.8, 4) is 5.75 Å². The number of nitrogen functional groups attached to an aromatic ring is 1. The molecule has 0 bridgehead atoms. The fourth-order valence-electron chi connectivity index (χ4n) is 3.24. The molecule has 0 aliphatic heterocycles. The highest BCUT2D eigenvalue weighted by atomic mass is 16.5. The zero-order chi connectivity index (χ0) is 19.0. The van der Waals surface area contributed by atoms with Gasteiger partial charge in [-0.3, -0.25) is 14.5 Å². The Bertz CT molecular complexity index is 863. The summed E-state index contributed by atoms with van der Waals surface area (Å²) in [6, 6.07) is 1.71. The highest BCUT2D eigenvalue weighted by Crippen LogP contribution is 2.39. The Morgan fingerprint density at radius 3 is 2.36 bits per heavy atom. The number of allylic oxidation sites excluding steroid dienone is 3. The minimum atomic E-state index is -0.318. The molecule has 0 spiro atoms. The molecule has 1 aromatic carbocycles. The first kappa shape index (κ1) is 18.4. The van der Waals surface area contributed by atoms with Crippen LogP contribution in [-0.4, -0.2) is 24.5 Å². The second-order valence-electron chi connectivity index (χ2n) is 6.18. The van der Waals surface area contributed by atoms with Crippen LogP contribution in [0, 0.1) is 19.3 Å². The van der Waals surface area contributed by atoms with E-state index in [4.69, 9.17) is 15.9 Å². The van der Waals surface area contributed by atoms with Gasteiger partial charge in [-0.2, -0.15) is 0 Å². The lowest BCUT2D eigenvalue weighted by molar-refractivity contribution is -0.118. The fraction of sp³-hybridized carbons (Fsp3) is 0.316. The quantitative estimate of drug-likeness (QED) is 0.652. The Balaban J connectivity index is 2.80. The van der Waals surface area contributed by atoms with Gasteiger partial charge in [0, 0.05) is 18.1 Å². The molecular weight excluding hydrogens is 318 g/mol. The topological polar surface area (TPSA) is 96.5 Å². The first-order chi connectivity index (χ1) is 11.6. The van der Waals surface area contributed by atoms with E-state index in [-0.39, 0.29) is 23.1 Å². The van der Waals surface area contributed by atoms with E-state index >= 15 is 0 Å². The number of aryl methyl sites for hydroxylation is 1. The van der Waals surface area contributed by atoms with E-state index in [0.717, 1.165) is 5.56 Å². The lowest BCUT2D eigenvalue weighted by Crippen LogP contribution is -2.36. The van der Waals surface area contributed by atoms with Crippen LogP contribution in [0.2, 0.25) is 0 Å². The maximum Gasteiger partial charge on any atom is 0.228 e. The van der Waals surface area contributed by atoms with Gasteiger partial charge in [0.25, 0.3) is 0 Å². The standard InChI is InChI=1S/C19H23N3O3/c1-9-8-15(24)18(11(3)16(9)21)22(13(5)23)17-10(2)7-14(20)19(25-6)12(17)4/h7-8,21H,20H2,1-6H3. The third-order valence-corrected chi connectivity index (χ3v) is 4.38. The van der Waals surface area contributed by atoms with Gasteiger partial charge in [-0.05, 0) is 51.0 Å². The molecule has 3 N–H and O–H groups in total. The molecule has 1 aliphatic rings. The first-order valence-electron chi connectivity index (χ1n) is 7.88. The van der Waals surface area contributed by atoms with E-state index < -0.39 is 0 Å². The average molecular weight is 341 g/mol. The molecule has 0 unspecified atom stereocenters. The van der Waals surface area contributed by atoms with Crippen molar-refractivity contribution in [1.82, 2.24) is 0 Å². The molecular formula is C19H23N3O3. The number of ether oxygens (including phenoxy) is 1. The number of nitrogens with two attached hydrogens (primary N) is 1. The lowest BCUT2D eigenvalue weighted by atomic mass is 9.92. The Morgan fingerprint density at radius 2 is 1.84 bits per heavy atom. The second kappa shape index (κ2) is 6.55. The van der Waals surface area contributed by atoms with Crippen LogP contribution in [0.3, 0.4) is 0 Å². The predicted octanol–water partition coefficient (Wildman–Crippen LogP) is 3.07. The van der Waals surface area contributed by atoms with Crippen LogP contribution in [0.4, 0.5) is 11.4 Å². The van der Waals surface area contributed by atoms with E-state index in [1.807, 2.05) is 6.92 Å². The van der Waals surface area contributed by atoms with Gasteiger partial charge in [-0.15, -0.1) is 0 Å². The van der Waals surface area contributed by atoms with Crippen molar-refractivity contribution in [1.29, 1.82) is 5.41 Å². The number of hydrogen-bond donors (Lipinski definition) is 2. The van der Waals surface area contributed by atoms with E-state index in [1.54, 1.807) is 26.8 Å². The number of nitrogens with zero attached hydrogens (tertiary/aromatic N) is 1. The number of ketones is 1. The number of nitrogens with one attached hydrogen (secondary N) is 1. The minimum Gasteiger partial charge on any atom is -0.494 e. The van der Waals surface area contributed by atoms with Crippen LogP contribution in [-0.2, 0) is 9.59 Å². The number of hydrogen-bond acceptors (Lipinski definition) is 5. The molecule has 1 aliphatic carbocycles. The number of methoxy groups -OCH3 is 1. The van der Waals surface area contributed by atoms with Crippen molar-refractivity contribution in [3.05, 3.63) is 40.1 Å². The highest BCUT2D eigenvalue weighted by molar-refractivity contribution is 6.26. The summed E-state index contributed by atoms with van der Waals surface area (Å²) in [7, 11) is 1.51. The van der Waals surface area contributed by atoms with Crippen molar-refractivity contribution >= 4 is 28.8 Å². The molecule has 25 heavy (non-hydrogen) atoms. The SMILES string of the molecule is COc1c(N)cc(C)c(N(C(C)=O)C2=C(C)C(=N)C(C)=CC2=O)c1C. The molecule has 6 heteroatoms. The molecule has 1 aromatic rings. The highest BCUT2D eigenvalue weighted by Gasteiger charge is 2.31. The van der Waals surface area contributed by atoms with Gasteiger partial charge in [0.2, 0.25) is 11.7 Å². The Labute approximate surface area is 147 Å². The monoisotopic (exact) mass is 341 g/mol. The van der Waals surface area contributed by atoms with Crippen LogP contribution in [0.25, 0.3) is 0 Å². The summed E-state index contributed by atoms with van der Waals surface area (Å²) in [5, 5.41) is 8.18. The van der Waals surface area contributed by atoms with Gasteiger partial charge in [-0.1, -0.05) is 0 Å². The fourth-order valence-corrected chi connectivity index (χ4v) is 3.24. The van der Waals surface area contributed by atoms with Crippen molar-refractivity contribution in [2.45, 2.75) is 34.6 Å². The number of carbonyl (C=O) groups excluding carboxylic acids is 2. The molecule has 0 fully saturated rings. The van der Waals surface area contributed by atoms with Crippen molar-refractivity contribution in [2.75, 3.05) is 17.7 Å². The van der Waals surface area contributed by atoms with Crippen molar-refractivity contribution in [3.63, 3.8) is 0 Å². The number of amides is 1. The summed E-state index contributed by atoms with van der Waals surface area (Å²) in [5.74, 6) is -0.146. The summed E-state index contributed by atoms with van der Waals surface area (Å²) in [6.45, 7) is 8.40. The molecule has 0 atom stereocenters. The summed E-state index contributed by atoms with van der Waals surface area (Å²) in [5.41, 5.74) is 9.93. The van der Waals surface area contributed by atoms with Gasteiger partial charge >= 0.3 is 0 Å².